The molecule has 0 radical (unpaired) electrons. The van der Waals surface area contributed by atoms with Crippen LogP contribution < -0.4 is 15.5 Å². The Bertz CT molecular complexity index is 1160. The van der Waals surface area contributed by atoms with Crippen LogP contribution in [0.2, 0.25) is 0 Å². The van der Waals surface area contributed by atoms with E-state index in [9.17, 15) is 8.42 Å². The number of pyridine rings is 1. The third-order valence-electron chi connectivity index (χ3n) is 6.36. The second-order valence-corrected chi connectivity index (χ2v) is 10.5. The molecule has 0 amide bonds. The summed E-state index contributed by atoms with van der Waals surface area (Å²) in [4.78, 5) is 9.79. The second kappa shape index (κ2) is 7.28. The van der Waals surface area contributed by atoms with Crippen molar-refractivity contribution in [1.29, 1.82) is 0 Å². The average molecular weight is 426 g/mol. The summed E-state index contributed by atoms with van der Waals surface area (Å²) in [6, 6.07) is 12.4. The minimum atomic E-state index is -3.16. The molecule has 1 saturated carbocycles. The van der Waals surface area contributed by atoms with Gasteiger partial charge >= 0.3 is 0 Å². The van der Waals surface area contributed by atoms with Crippen molar-refractivity contribution in [2.75, 3.05) is 42.2 Å². The molecule has 0 atom stereocenters. The van der Waals surface area contributed by atoms with Crippen LogP contribution in [0.15, 0.2) is 53.7 Å². The summed E-state index contributed by atoms with van der Waals surface area (Å²) in [5.41, 5.74) is 9.20. The zero-order valence-corrected chi connectivity index (χ0v) is 17.9. The fourth-order valence-electron chi connectivity index (χ4n) is 4.48. The van der Waals surface area contributed by atoms with Crippen LogP contribution in [0, 0.1) is 0 Å². The van der Waals surface area contributed by atoms with Crippen molar-refractivity contribution in [2.45, 2.75) is 29.8 Å². The first-order valence-corrected chi connectivity index (χ1v) is 12.3. The molecule has 0 unspecified atom stereocenters. The molecule has 1 aliphatic heterocycles. The number of nitrogens with zero attached hydrogens (tertiary/aromatic N) is 4. The Kier molecular flexibility index (Phi) is 4.71. The van der Waals surface area contributed by atoms with Gasteiger partial charge in [-0.15, -0.1) is 0 Å². The van der Waals surface area contributed by atoms with E-state index in [1.54, 1.807) is 12.1 Å². The zero-order valence-electron chi connectivity index (χ0n) is 17.1. The molecule has 5 rings (SSSR count). The van der Waals surface area contributed by atoms with Crippen molar-refractivity contribution >= 4 is 32.2 Å². The van der Waals surface area contributed by atoms with Gasteiger partial charge in [0.05, 0.1) is 16.8 Å². The summed E-state index contributed by atoms with van der Waals surface area (Å²) < 4.78 is 25.6. The van der Waals surface area contributed by atoms with Crippen LogP contribution in [-0.2, 0) is 9.84 Å². The van der Waals surface area contributed by atoms with Gasteiger partial charge in [0.1, 0.15) is 5.65 Å². The van der Waals surface area contributed by atoms with E-state index in [0.29, 0.717) is 17.0 Å². The number of hydrogen-bond donors (Lipinski definition) is 1. The second-order valence-electron chi connectivity index (χ2n) is 8.45. The molecule has 7 nitrogen and oxygen atoms in total. The number of piperazine rings is 1. The lowest BCUT2D eigenvalue weighted by Gasteiger charge is -2.37. The van der Waals surface area contributed by atoms with Crippen molar-refractivity contribution in [1.82, 2.24) is 9.55 Å². The molecule has 1 saturated heterocycles. The zero-order chi connectivity index (χ0) is 20.9. The molecule has 3 aromatic rings. The molecule has 2 fully saturated rings. The molecular formula is C22H27N5O2S. The highest BCUT2D eigenvalue weighted by atomic mass is 32.2. The van der Waals surface area contributed by atoms with Crippen LogP contribution in [-0.4, -0.2) is 56.4 Å². The fourth-order valence-corrected chi connectivity index (χ4v) is 5.11. The smallest absolute Gasteiger partial charge is 0.175 e. The van der Waals surface area contributed by atoms with Gasteiger partial charge in [-0.3, -0.25) is 0 Å². The molecule has 2 N–H and O–H groups in total. The Morgan fingerprint density at radius 1 is 0.967 bits per heavy atom. The lowest BCUT2D eigenvalue weighted by atomic mass is 9.87. The highest BCUT2D eigenvalue weighted by Crippen LogP contribution is 2.34. The Balaban J connectivity index is 1.27. The van der Waals surface area contributed by atoms with Gasteiger partial charge in [-0.05, 0) is 49.2 Å². The predicted molar refractivity (Wildman–Crippen MR) is 120 cm³/mol. The van der Waals surface area contributed by atoms with E-state index in [2.05, 4.69) is 32.7 Å². The van der Waals surface area contributed by atoms with Gasteiger partial charge in [-0.25, -0.2) is 13.4 Å². The number of hydrogen-bond acceptors (Lipinski definition) is 6. The van der Waals surface area contributed by atoms with Crippen LogP contribution in [0.1, 0.15) is 18.9 Å². The minimum Gasteiger partial charge on any atom is -0.368 e. The summed E-state index contributed by atoms with van der Waals surface area (Å²) in [5.74, 6) is 0. The standard InChI is InChI=1S/C22H27N5O2S/c1-30(28,29)21-4-2-18(3-5-21)25-8-10-26(11-9-25)20-12-16-6-7-27(22(16)24-15-20)19-13-17(23)14-19/h2-7,12,15,17,19H,8-11,13-14,23H2,1H3/t17-,19-. The van der Waals surface area contributed by atoms with E-state index in [0.717, 1.165) is 56.0 Å². The Morgan fingerprint density at radius 2 is 1.60 bits per heavy atom. The summed E-state index contributed by atoms with van der Waals surface area (Å²) in [6.45, 7) is 3.58. The van der Waals surface area contributed by atoms with Gasteiger partial charge in [0, 0.05) is 61.8 Å². The largest absolute Gasteiger partial charge is 0.368 e. The van der Waals surface area contributed by atoms with Gasteiger partial charge < -0.3 is 20.1 Å². The number of sulfone groups is 1. The van der Waals surface area contributed by atoms with Crippen molar-refractivity contribution in [2.24, 2.45) is 5.73 Å². The van der Waals surface area contributed by atoms with E-state index in [4.69, 9.17) is 10.7 Å². The molecule has 2 aromatic heterocycles. The molecule has 3 heterocycles. The number of benzene rings is 1. The quantitative estimate of drug-likeness (QED) is 0.691. The molecule has 30 heavy (non-hydrogen) atoms. The highest BCUT2D eigenvalue weighted by molar-refractivity contribution is 7.90. The maximum Gasteiger partial charge on any atom is 0.175 e. The van der Waals surface area contributed by atoms with E-state index in [1.807, 2.05) is 18.3 Å². The van der Waals surface area contributed by atoms with Gasteiger partial charge in [-0.2, -0.15) is 0 Å². The summed E-state index contributed by atoms with van der Waals surface area (Å²) in [7, 11) is -3.16. The first-order chi connectivity index (χ1) is 14.4. The molecule has 8 heteroatoms. The van der Waals surface area contributed by atoms with Crippen molar-refractivity contribution in [3.8, 4) is 0 Å². The van der Waals surface area contributed by atoms with E-state index < -0.39 is 9.84 Å². The molecule has 1 aromatic carbocycles. The van der Waals surface area contributed by atoms with E-state index in [-0.39, 0.29) is 0 Å². The number of nitrogens with two attached hydrogens (primary N) is 1. The van der Waals surface area contributed by atoms with Crippen LogP contribution in [0.25, 0.3) is 11.0 Å². The monoisotopic (exact) mass is 425 g/mol. The topological polar surface area (TPSA) is 84.5 Å². The number of rotatable bonds is 4. The van der Waals surface area contributed by atoms with Crippen LogP contribution in [0.5, 0.6) is 0 Å². The molecule has 1 aliphatic carbocycles. The van der Waals surface area contributed by atoms with Crippen LogP contribution >= 0.6 is 0 Å². The van der Waals surface area contributed by atoms with Crippen LogP contribution in [0.4, 0.5) is 11.4 Å². The maximum atomic E-state index is 11.7. The molecule has 0 bridgehead atoms. The SMILES string of the molecule is CS(=O)(=O)c1ccc(N2CCN(c3cnc4c(ccn4[C@H]4C[C@H](N)C4)c3)CC2)cc1. The van der Waals surface area contributed by atoms with E-state index >= 15 is 0 Å². The van der Waals surface area contributed by atoms with Gasteiger partial charge in [0.25, 0.3) is 0 Å². The molecule has 0 spiro atoms. The third kappa shape index (κ3) is 3.54. The van der Waals surface area contributed by atoms with Crippen molar-refractivity contribution in [3.63, 3.8) is 0 Å². The lowest BCUT2D eigenvalue weighted by molar-refractivity contribution is 0.272. The maximum absolute atomic E-state index is 11.7. The average Bonchev–Trinajstić information content (AvgIpc) is 3.14. The Hall–Kier alpha value is -2.58. The van der Waals surface area contributed by atoms with Crippen molar-refractivity contribution in [3.05, 3.63) is 48.8 Å². The van der Waals surface area contributed by atoms with Gasteiger partial charge in [-0.1, -0.05) is 0 Å². The number of anilines is 2. The lowest BCUT2D eigenvalue weighted by Crippen LogP contribution is -2.46. The Labute approximate surface area is 177 Å². The summed E-state index contributed by atoms with van der Waals surface area (Å²) in [6.07, 6.45) is 7.41. The van der Waals surface area contributed by atoms with Gasteiger partial charge in [0.15, 0.2) is 9.84 Å². The molecular weight excluding hydrogens is 398 g/mol. The van der Waals surface area contributed by atoms with Gasteiger partial charge in [0.2, 0.25) is 0 Å². The third-order valence-corrected chi connectivity index (χ3v) is 7.49. The first-order valence-electron chi connectivity index (χ1n) is 10.4. The Morgan fingerprint density at radius 3 is 2.20 bits per heavy atom. The predicted octanol–water partition coefficient (Wildman–Crippen LogP) is 2.43. The summed E-state index contributed by atoms with van der Waals surface area (Å²) in [5, 5.41) is 1.17. The fraction of sp³-hybridized carbons (Fsp3) is 0.409. The number of aromatic nitrogens is 2. The highest BCUT2D eigenvalue weighted by Gasteiger charge is 2.28. The molecule has 158 valence electrons. The minimum absolute atomic E-state index is 0.325. The molecule has 2 aliphatic rings. The first kappa shape index (κ1) is 19.4. The van der Waals surface area contributed by atoms with Crippen LogP contribution in [0.3, 0.4) is 0 Å². The number of fused-ring (bicyclic) bond motifs is 1. The van der Waals surface area contributed by atoms with Crippen molar-refractivity contribution < 1.29 is 8.42 Å². The van der Waals surface area contributed by atoms with E-state index in [1.165, 1.54) is 11.6 Å². The summed E-state index contributed by atoms with van der Waals surface area (Å²) >= 11 is 0. The normalized spacial score (nSPS) is 22.3.